The molecule has 5 rings (SSSR count). The molecule has 1 saturated heterocycles. The van der Waals surface area contributed by atoms with Gasteiger partial charge in [-0.1, -0.05) is 77.6 Å². The second-order valence-electron chi connectivity index (χ2n) is 9.44. The zero-order chi connectivity index (χ0) is 26.0. The van der Waals surface area contributed by atoms with Crippen LogP contribution in [-0.4, -0.2) is 69.3 Å². The number of hydrogen-bond acceptors (Lipinski definition) is 7. The van der Waals surface area contributed by atoms with Crippen molar-refractivity contribution in [1.82, 2.24) is 19.5 Å². The Balaban J connectivity index is 1.34. The van der Waals surface area contributed by atoms with Crippen LogP contribution >= 0.6 is 11.6 Å². The molecule has 194 valence electrons. The molecule has 11 heteroatoms. The van der Waals surface area contributed by atoms with Crippen molar-refractivity contribution in [3.8, 4) is 0 Å². The molecule has 2 aromatic carbocycles. The summed E-state index contributed by atoms with van der Waals surface area (Å²) in [5.41, 5.74) is 0.710. The highest BCUT2D eigenvalue weighted by Gasteiger charge is 2.45. The Labute approximate surface area is 220 Å². The molecule has 8 nitrogen and oxygen atoms in total. The van der Waals surface area contributed by atoms with Gasteiger partial charge in [-0.05, 0) is 24.1 Å². The molecule has 1 fully saturated rings. The summed E-state index contributed by atoms with van der Waals surface area (Å²) < 4.78 is 21.6. The van der Waals surface area contributed by atoms with E-state index in [9.17, 15) is 14.6 Å². The predicted molar refractivity (Wildman–Crippen MR) is 144 cm³/mol. The fraction of sp³-hybridized carbons (Fsp3) is 0.346. The van der Waals surface area contributed by atoms with E-state index in [4.69, 9.17) is 16.3 Å². The van der Waals surface area contributed by atoms with Gasteiger partial charge >= 0.3 is 0 Å². The minimum absolute atomic E-state index is 0.0165. The van der Waals surface area contributed by atoms with Gasteiger partial charge in [0.05, 0.1) is 12.9 Å². The van der Waals surface area contributed by atoms with Crippen LogP contribution in [0.3, 0.4) is 0 Å². The third-order valence-electron chi connectivity index (χ3n) is 7.11. The van der Waals surface area contributed by atoms with Crippen molar-refractivity contribution in [3.63, 3.8) is 0 Å². The molecule has 0 spiro atoms. The van der Waals surface area contributed by atoms with Crippen molar-refractivity contribution >= 4 is 47.0 Å². The first kappa shape index (κ1) is 25.7. The summed E-state index contributed by atoms with van der Waals surface area (Å²) in [5.74, 6) is 0.448. The van der Waals surface area contributed by atoms with Crippen LogP contribution in [0.4, 0.5) is 10.2 Å². The molecule has 1 aliphatic rings. The molecular formula is C26H29ClFN5O3Si. The summed E-state index contributed by atoms with van der Waals surface area (Å²) in [6.45, 7) is 2.53. The fourth-order valence-electron chi connectivity index (χ4n) is 4.99. The Morgan fingerprint density at radius 1 is 1.08 bits per heavy atom. The largest absolute Gasteiger partial charge is 0.394 e. The Morgan fingerprint density at radius 3 is 2.32 bits per heavy atom. The highest BCUT2D eigenvalue weighted by Crippen LogP contribution is 2.34. The van der Waals surface area contributed by atoms with Gasteiger partial charge in [0.25, 0.3) is 0 Å². The maximum atomic E-state index is 14.7. The van der Waals surface area contributed by atoms with E-state index in [1.807, 2.05) is 12.1 Å². The number of rotatable bonds is 9. The van der Waals surface area contributed by atoms with Crippen LogP contribution in [0.2, 0.25) is 17.9 Å². The second kappa shape index (κ2) is 10.8. The van der Waals surface area contributed by atoms with Crippen LogP contribution in [0, 0.1) is 0 Å². The molecule has 4 aromatic rings. The molecule has 4 unspecified atom stereocenters. The van der Waals surface area contributed by atoms with Crippen molar-refractivity contribution in [3.05, 3.63) is 72.3 Å². The number of aliphatic hydroxyl groups is 2. The van der Waals surface area contributed by atoms with Gasteiger partial charge in [-0.2, -0.15) is 9.97 Å². The van der Waals surface area contributed by atoms with Crippen LogP contribution in [0.1, 0.15) is 12.6 Å². The first-order valence-electron chi connectivity index (χ1n) is 12.3. The number of benzene rings is 2. The molecule has 0 amide bonds. The number of aromatic nitrogens is 4. The first-order valence-corrected chi connectivity index (χ1v) is 15.3. The molecule has 3 N–H and O–H groups in total. The van der Waals surface area contributed by atoms with Crippen molar-refractivity contribution in [1.29, 1.82) is 0 Å². The van der Waals surface area contributed by atoms with Gasteiger partial charge in [0.15, 0.2) is 29.4 Å². The van der Waals surface area contributed by atoms with Crippen molar-refractivity contribution in [2.24, 2.45) is 0 Å². The summed E-state index contributed by atoms with van der Waals surface area (Å²) in [5, 5.41) is 25.5. The Morgan fingerprint density at radius 2 is 1.73 bits per heavy atom. The maximum absolute atomic E-state index is 14.7. The summed E-state index contributed by atoms with van der Waals surface area (Å²) in [4.78, 5) is 12.9. The van der Waals surface area contributed by atoms with Crippen molar-refractivity contribution in [2.75, 3.05) is 18.5 Å². The van der Waals surface area contributed by atoms with E-state index < -0.39 is 39.3 Å². The minimum atomic E-state index is -1.96. The number of halogens is 2. The van der Waals surface area contributed by atoms with Crippen LogP contribution in [-0.2, 0) is 4.74 Å². The summed E-state index contributed by atoms with van der Waals surface area (Å²) in [6, 6.07) is 22.3. The van der Waals surface area contributed by atoms with Gasteiger partial charge in [0.2, 0.25) is 5.28 Å². The maximum Gasteiger partial charge on any atom is 0.226 e. The molecule has 1 aliphatic heterocycles. The third kappa shape index (κ3) is 4.99. The number of nitrogens with zero attached hydrogens (tertiary/aromatic N) is 4. The topological polar surface area (TPSA) is 105 Å². The molecule has 3 heterocycles. The van der Waals surface area contributed by atoms with E-state index in [0.29, 0.717) is 17.9 Å². The van der Waals surface area contributed by atoms with Gasteiger partial charge in [0, 0.05) is 6.54 Å². The number of ether oxygens (including phenoxy) is 1. The lowest BCUT2D eigenvalue weighted by atomic mass is 10.1. The summed E-state index contributed by atoms with van der Waals surface area (Å²) >= 11 is 6.21. The van der Waals surface area contributed by atoms with E-state index >= 15 is 0 Å². The number of aliphatic hydroxyl groups excluding tert-OH is 2. The molecule has 4 atom stereocenters. The molecule has 37 heavy (non-hydrogen) atoms. The van der Waals surface area contributed by atoms with Crippen molar-refractivity contribution < 1.29 is 19.3 Å². The van der Waals surface area contributed by atoms with Gasteiger partial charge in [0.1, 0.15) is 20.3 Å². The molecule has 2 aromatic heterocycles. The van der Waals surface area contributed by atoms with E-state index in [1.165, 1.54) is 21.3 Å². The molecule has 0 radical (unpaired) electrons. The number of anilines is 1. The number of fused-ring (bicyclic) bond motifs is 1. The standard InChI is InChI=1S/C26H29ClFN5O3Si/c1-37(17-9-4-2-5-10-17,18-11-6-3-7-12-18)14-8-13-29-23-21-24(32-26(27)31-23)33(16-30-21)25-20(28)22(35)19(15-34)36-25/h2-7,9-12,16,19-20,22,25,34-35H,8,13-15H2,1H3,(H,29,31,32). The van der Waals surface area contributed by atoms with E-state index in [-0.39, 0.29) is 10.9 Å². The molecule has 0 saturated carbocycles. The Hall–Kier alpha value is -2.89. The highest BCUT2D eigenvalue weighted by atomic mass is 35.5. The van der Waals surface area contributed by atoms with E-state index in [2.05, 4.69) is 75.3 Å². The highest BCUT2D eigenvalue weighted by molar-refractivity contribution is 7.01. The lowest BCUT2D eigenvalue weighted by Gasteiger charge is -2.29. The van der Waals surface area contributed by atoms with Crippen LogP contribution in [0.5, 0.6) is 0 Å². The minimum Gasteiger partial charge on any atom is -0.394 e. The zero-order valence-electron chi connectivity index (χ0n) is 20.3. The quantitative estimate of drug-likeness (QED) is 0.170. The SMILES string of the molecule is C[Si](CCCNc1nc(Cl)nc2c1ncn2C1OC(CO)C(O)C1F)(c1ccccc1)c1ccccc1. The van der Waals surface area contributed by atoms with E-state index in [0.717, 1.165) is 12.5 Å². The number of alkyl halides is 1. The Bertz CT molecular complexity index is 1310. The summed E-state index contributed by atoms with van der Waals surface area (Å²) in [6.07, 6.45) is -3.13. The van der Waals surface area contributed by atoms with Crippen LogP contribution in [0.25, 0.3) is 11.2 Å². The van der Waals surface area contributed by atoms with E-state index in [1.54, 1.807) is 0 Å². The number of hydrogen-bond donors (Lipinski definition) is 3. The number of imidazole rings is 1. The van der Waals surface area contributed by atoms with Gasteiger partial charge < -0.3 is 20.3 Å². The fourth-order valence-corrected chi connectivity index (χ4v) is 8.81. The average Bonchev–Trinajstić information content (AvgIpc) is 3.47. The average molecular weight is 542 g/mol. The monoisotopic (exact) mass is 541 g/mol. The normalized spacial score (nSPS) is 22.0. The second-order valence-corrected chi connectivity index (χ2v) is 14.1. The van der Waals surface area contributed by atoms with Gasteiger partial charge in [-0.3, -0.25) is 4.57 Å². The number of nitrogens with one attached hydrogen (secondary N) is 1. The third-order valence-corrected chi connectivity index (χ3v) is 11.8. The lowest BCUT2D eigenvalue weighted by molar-refractivity contribution is -0.0459. The zero-order valence-corrected chi connectivity index (χ0v) is 22.1. The first-order chi connectivity index (χ1) is 17.9. The predicted octanol–water partition coefficient (Wildman–Crippen LogP) is 2.76. The van der Waals surface area contributed by atoms with Gasteiger partial charge in [-0.25, -0.2) is 9.37 Å². The van der Waals surface area contributed by atoms with Crippen LogP contribution in [0.15, 0.2) is 67.0 Å². The molecular weight excluding hydrogens is 513 g/mol. The van der Waals surface area contributed by atoms with Crippen LogP contribution < -0.4 is 15.7 Å². The van der Waals surface area contributed by atoms with Gasteiger partial charge in [-0.15, -0.1) is 0 Å². The molecule has 0 aliphatic carbocycles. The smallest absolute Gasteiger partial charge is 0.226 e. The lowest BCUT2D eigenvalue weighted by Crippen LogP contribution is -2.55. The Kier molecular flexibility index (Phi) is 7.54. The van der Waals surface area contributed by atoms with Crippen molar-refractivity contribution in [2.45, 2.75) is 43.6 Å². The summed E-state index contributed by atoms with van der Waals surface area (Å²) in [7, 11) is -1.96. The molecule has 0 bridgehead atoms.